The number of rotatable bonds is 5. The largest absolute Gasteiger partial charge is 0.368 e. The average Bonchev–Trinajstić information content (AvgIpc) is 2.89. The molecular weight excluding hydrogens is 276 g/mol. The summed E-state index contributed by atoms with van der Waals surface area (Å²) < 4.78 is 2.02. The van der Waals surface area contributed by atoms with Crippen LogP contribution in [0.4, 0.5) is 5.82 Å². The maximum Gasteiger partial charge on any atom is 0.144 e. The van der Waals surface area contributed by atoms with Gasteiger partial charge in [0.1, 0.15) is 24.0 Å². The topological polar surface area (TPSA) is 79.4 Å². The molecule has 0 saturated carbocycles. The molecule has 0 unspecified atom stereocenters. The molecular formula is C13H15ClN6. The standard InChI is InChI=1S/C13H15ClN6/c1-9(2)20-8-18-19-12(20)3-4-16-13-11(14)5-10(6-15)7-17-13/h5,7-9H,3-4H2,1-2H3,(H,16,17). The van der Waals surface area contributed by atoms with Crippen LogP contribution in [0.25, 0.3) is 0 Å². The van der Waals surface area contributed by atoms with E-state index in [0.717, 1.165) is 12.2 Å². The summed E-state index contributed by atoms with van der Waals surface area (Å²) in [5, 5.41) is 20.3. The van der Waals surface area contributed by atoms with E-state index < -0.39 is 0 Å². The van der Waals surface area contributed by atoms with Crippen molar-refractivity contribution in [1.29, 1.82) is 5.26 Å². The van der Waals surface area contributed by atoms with Gasteiger partial charge in [-0.2, -0.15) is 5.26 Å². The molecule has 0 fully saturated rings. The summed E-state index contributed by atoms with van der Waals surface area (Å²) in [7, 11) is 0. The van der Waals surface area contributed by atoms with Gasteiger partial charge in [-0.1, -0.05) is 11.6 Å². The average molecular weight is 291 g/mol. The maximum absolute atomic E-state index is 8.75. The van der Waals surface area contributed by atoms with Gasteiger partial charge in [-0.25, -0.2) is 4.98 Å². The van der Waals surface area contributed by atoms with Crippen LogP contribution in [-0.4, -0.2) is 26.3 Å². The molecule has 104 valence electrons. The van der Waals surface area contributed by atoms with E-state index in [4.69, 9.17) is 16.9 Å². The van der Waals surface area contributed by atoms with Crippen molar-refractivity contribution in [2.24, 2.45) is 0 Å². The van der Waals surface area contributed by atoms with Gasteiger partial charge in [0.05, 0.1) is 10.6 Å². The normalized spacial score (nSPS) is 10.6. The first kappa shape index (κ1) is 14.3. The van der Waals surface area contributed by atoms with Crippen LogP contribution < -0.4 is 5.32 Å². The van der Waals surface area contributed by atoms with Crippen molar-refractivity contribution >= 4 is 17.4 Å². The van der Waals surface area contributed by atoms with E-state index in [1.807, 2.05) is 10.6 Å². The van der Waals surface area contributed by atoms with Gasteiger partial charge in [0.25, 0.3) is 0 Å². The molecule has 0 amide bonds. The minimum absolute atomic E-state index is 0.330. The summed E-state index contributed by atoms with van der Waals surface area (Å²) >= 11 is 6.04. The van der Waals surface area contributed by atoms with Crippen molar-refractivity contribution in [1.82, 2.24) is 19.7 Å². The molecule has 0 saturated heterocycles. The highest BCUT2D eigenvalue weighted by molar-refractivity contribution is 6.33. The number of nitrogens with zero attached hydrogens (tertiary/aromatic N) is 5. The summed E-state index contributed by atoms with van der Waals surface area (Å²) in [5.41, 5.74) is 0.445. The second-order valence-electron chi connectivity index (χ2n) is 4.59. The molecule has 20 heavy (non-hydrogen) atoms. The lowest BCUT2D eigenvalue weighted by molar-refractivity contribution is 0.568. The third-order valence-electron chi connectivity index (χ3n) is 2.81. The molecule has 2 aromatic heterocycles. The third kappa shape index (κ3) is 3.25. The molecule has 0 spiro atoms. The second-order valence-corrected chi connectivity index (χ2v) is 5.00. The molecule has 2 aromatic rings. The predicted octanol–water partition coefficient (Wildman–Crippen LogP) is 2.43. The Kier molecular flexibility index (Phi) is 4.53. The second kappa shape index (κ2) is 6.35. The van der Waals surface area contributed by atoms with Gasteiger partial charge in [-0.3, -0.25) is 0 Å². The van der Waals surface area contributed by atoms with Crippen LogP contribution in [-0.2, 0) is 6.42 Å². The molecule has 0 atom stereocenters. The first-order valence-electron chi connectivity index (χ1n) is 6.29. The Bertz CT molecular complexity index is 628. The van der Waals surface area contributed by atoms with Crippen LogP contribution in [0.1, 0.15) is 31.3 Å². The summed E-state index contributed by atoms with van der Waals surface area (Å²) in [6.45, 7) is 4.81. The Morgan fingerprint density at radius 2 is 2.30 bits per heavy atom. The lowest BCUT2D eigenvalue weighted by Crippen LogP contribution is -2.12. The quantitative estimate of drug-likeness (QED) is 0.915. The molecule has 0 aliphatic carbocycles. The van der Waals surface area contributed by atoms with Gasteiger partial charge in [0.2, 0.25) is 0 Å². The fraction of sp³-hybridized carbons (Fsp3) is 0.385. The van der Waals surface area contributed by atoms with Crippen molar-refractivity contribution in [3.05, 3.63) is 35.0 Å². The fourth-order valence-electron chi connectivity index (χ4n) is 1.80. The smallest absolute Gasteiger partial charge is 0.144 e. The van der Waals surface area contributed by atoms with E-state index in [1.165, 1.54) is 6.20 Å². The molecule has 1 N–H and O–H groups in total. The molecule has 0 bridgehead atoms. The maximum atomic E-state index is 8.75. The van der Waals surface area contributed by atoms with Crippen molar-refractivity contribution in [2.45, 2.75) is 26.3 Å². The third-order valence-corrected chi connectivity index (χ3v) is 3.10. The van der Waals surface area contributed by atoms with Crippen LogP contribution in [0, 0.1) is 11.3 Å². The van der Waals surface area contributed by atoms with E-state index in [-0.39, 0.29) is 0 Å². The molecule has 0 radical (unpaired) electrons. The van der Waals surface area contributed by atoms with Gasteiger partial charge < -0.3 is 9.88 Å². The van der Waals surface area contributed by atoms with E-state index in [2.05, 4.69) is 34.3 Å². The molecule has 0 aliphatic rings. The molecule has 7 heteroatoms. The Morgan fingerprint density at radius 3 is 2.95 bits per heavy atom. The fourth-order valence-corrected chi connectivity index (χ4v) is 2.03. The highest BCUT2D eigenvalue weighted by Gasteiger charge is 2.08. The number of anilines is 1. The van der Waals surface area contributed by atoms with E-state index >= 15 is 0 Å². The summed E-state index contributed by atoms with van der Waals surface area (Å²) in [6.07, 6.45) is 3.94. The summed E-state index contributed by atoms with van der Waals surface area (Å²) in [4.78, 5) is 4.12. The van der Waals surface area contributed by atoms with Crippen LogP contribution in [0.5, 0.6) is 0 Å². The molecule has 2 rings (SSSR count). The molecule has 2 heterocycles. The number of aromatic nitrogens is 4. The Balaban J connectivity index is 1.96. The lowest BCUT2D eigenvalue weighted by atomic mass is 10.3. The first-order chi connectivity index (χ1) is 9.61. The van der Waals surface area contributed by atoms with Gasteiger partial charge in [0, 0.05) is 25.2 Å². The number of nitrogens with one attached hydrogen (secondary N) is 1. The van der Waals surface area contributed by atoms with Crippen LogP contribution in [0.15, 0.2) is 18.6 Å². The van der Waals surface area contributed by atoms with Gasteiger partial charge in [-0.05, 0) is 19.9 Å². The number of nitriles is 1. The first-order valence-corrected chi connectivity index (χ1v) is 6.67. The monoisotopic (exact) mass is 290 g/mol. The molecule has 0 aromatic carbocycles. The van der Waals surface area contributed by atoms with E-state index in [0.29, 0.717) is 29.0 Å². The highest BCUT2D eigenvalue weighted by Crippen LogP contribution is 2.19. The van der Waals surface area contributed by atoms with Gasteiger partial charge in [-0.15, -0.1) is 10.2 Å². The van der Waals surface area contributed by atoms with Crippen LogP contribution in [0.2, 0.25) is 5.02 Å². The minimum atomic E-state index is 0.330. The lowest BCUT2D eigenvalue weighted by Gasteiger charge is -2.11. The minimum Gasteiger partial charge on any atom is -0.368 e. The van der Waals surface area contributed by atoms with Crippen molar-refractivity contribution in [3.8, 4) is 6.07 Å². The van der Waals surface area contributed by atoms with E-state index in [1.54, 1.807) is 12.4 Å². The van der Waals surface area contributed by atoms with Crippen molar-refractivity contribution in [3.63, 3.8) is 0 Å². The number of halogens is 1. The van der Waals surface area contributed by atoms with E-state index in [9.17, 15) is 0 Å². The Labute approximate surface area is 122 Å². The van der Waals surface area contributed by atoms with Crippen LogP contribution >= 0.6 is 11.6 Å². The summed E-state index contributed by atoms with van der Waals surface area (Å²) in [6, 6.07) is 3.92. The van der Waals surface area contributed by atoms with Crippen molar-refractivity contribution in [2.75, 3.05) is 11.9 Å². The summed E-state index contributed by atoms with van der Waals surface area (Å²) in [5.74, 6) is 1.48. The number of pyridine rings is 1. The Morgan fingerprint density at radius 1 is 1.50 bits per heavy atom. The number of hydrogen-bond acceptors (Lipinski definition) is 5. The zero-order valence-corrected chi connectivity index (χ0v) is 12.1. The highest BCUT2D eigenvalue weighted by atomic mass is 35.5. The van der Waals surface area contributed by atoms with Gasteiger partial charge in [0.15, 0.2) is 0 Å². The zero-order chi connectivity index (χ0) is 14.5. The van der Waals surface area contributed by atoms with Gasteiger partial charge >= 0.3 is 0 Å². The van der Waals surface area contributed by atoms with Crippen molar-refractivity contribution < 1.29 is 0 Å². The Hall–Kier alpha value is -2.13. The van der Waals surface area contributed by atoms with Crippen LogP contribution in [0.3, 0.4) is 0 Å². The zero-order valence-electron chi connectivity index (χ0n) is 11.3. The predicted molar refractivity (Wildman–Crippen MR) is 76.6 cm³/mol. The molecule has 0 aliphatic heterocycles. The molecule has 6 nitrogen and oxygen atoms in total. The number of hydrogen-bond donors (Lipinski definition) is 1. The SMILES string of the molecule is CC(C)n1cnnc1CCNc1ncc(C#N)cc1Cl.